The summed E-state index contributed by atoms with van der Waals surface area (Å²) in [7, 11) is -2.34. The molecular weight excluding hydrogens is 416 g/mol. The zero-order valence-corrected chi connectivity index (χ0v) is 18.4. The molecule has 29 heavy (non-hydrogen) atoms. The number of anilines is 1. The number of carbonyl (C=O) groups excluding carboxylic acids is 1. The van der Waals surface area contributed by atoms with E-state index in [0.29, 0.717) is 30.1 Å². The summed E-state index contributed by atoms with van der Waals surface area (Å²) < 4.78 is 38.5. The number of amides is 1. The van der Waals surface area contributed by atoms with E-state index >= 15 is 0 Å². The van der Waals surface area contributed by atoms with Crippen molar-refractivity contribution in [2.75, 3.05) is 25.0 Å². The van der Waals surface area contributed by atoms with E-state index in [9.17, 15) is 13.2 Å². The van der Waals surface area contributed by atoms with Crippen LogP contribution in [0.3, 0.4) is 0 Å². The normalized spacial score (nSPS) is 11.4. The zero-order valence-electron chi connectivity index (χ0n) is 16.8. The summed E-state index contributed by atoms with van der Waals surface area (Å²) >= 11 is 6.14. The lowest BCUT2D eigenvalue weighted by Crippen LogP contribution is -2.30. The highest BCUT2D eigenvalue weighted by Gasteiger charge is 2.19. The number of halogens is 1. The number of rotatable bonds is 9. The molecule has 0 heterocycles. The molecule has 1 amide bonds. The van der Waals surface area contributed by atoms with Gasteiger partial charge in [0, 0.05) is 18.7 Å². The van der Waals surface area contributed by atoms with Crippen LogP contribution in [0.2, 0.25) is 5.02 Å². The number of aryl methyl sites for hydroxylation is 1. The van der Waals surface area contributed by atoms with Crippen molar-refractivity contribution in [1.29, 1.82) is 0 Å². The number of ether oxygens (including phenoxy) is 2. The van der Waals surface area contributed by atoms with Crippen LogP contribution in [-0.2, 0) is 14.8 Å². The predicted molar refractivity (Wildman–Crippen MR) is 113 cm³/mol. The fourth-order valence-corrected chi connectivity index (χ4v) is 3.86. The van der Waals surface area contributed by atoms with Gasteiger partial charge in [-0.15, -0.1) is 0 Å². The highest BCUT2D eigenvalue weighted by atomic mass is 35.5. The molecule has 158 valence electrons. The van der Waals surface area contributed by atoms with E-state index < -0.39 is 10.0 Å². The predicted octanol–water partition coefficient (Wildman–Crippen LogP) is 3.61. The Kier molecular flexibility index (Phi) is 7.89. The van der Waals surface area contributed by atoms with Crippen molar-refractivity contribution in [2.24, 2.45) is 0 Å². The maximum Gasteiger partial charge on any atom is 0.261 e. The third-order valence-electron chi connectivity index (χ3n) is 3.89. The first kappa shape index (κ1) is 23.0. The molecule has 2 aromatic carbocycles. The van der Waals surface area contributed by atoms with Crippen molar-refractivity contribution in [3.05, 3.63) is 52.5 Å². The van der Waals surface area contributed by atoms with Crippen LogP contribution in [0.4, 0.5) is 5.69 Å². The first-order chi connectivity index (χ1) is 13.6. The summed E-state index contributed by atoms with van der Waals surface area (Å²) in [5.41, 5.74) is 1.10. The second kappa shape index (κ2) is 9.96. The maximum atomic E-state index is 12.8. The SMILES string of the molecule is COCCOc1ccc(S(=O)(=O)Nc2cc(C(=O)NC(C)C)ccc2Cl)cc1C. The molecule has 0 aliphatic carbocycles. The topological polar surface area (TPSA) is 93.7 Å². The van der Waals surface area contributed by atoms with E-state index in [0.717, 1.165) is 0 Å². The van der Waals surface area contributed by atoms with Crippen molar-refractivity contribution in [2.45, 2.75) is 31.7 Å². The summed E-state index contributed by atoms with van der Waals surface area (Å²) in [6, 6.07) is 8.92. The molecule has 9 heteroatoms. The number of benzene rings is 2. The fourth-order valence-electron chi connectivity index (χ4n) is 2.48. The van der Waals surface area contributed by atoms with E-state index in [1.165, 1.54) is 30.3 Å². The Morgan fingerprint density at radius 1 is 1.14 bits per heavy atom. The number of sulfonamides is 1. The maximum absolute atomic E-state index is 12.8. The van der Waals surface area contributed by atoms with Gasteiger partial charge in [-0.05, 0) is 62.7 Å². The van der Waals surface area contributed by atoms with Crippen LogP contribution in [-0.4, -0.2) is 40.7 Å². The van der Waals surface area contributed by atoms with Gasteiger partial charge in [0.15, 0.2) is 0 Å². The highest BCUT2D eigenvalue weighted by molar-refractivity contribution is 7.92. The monoisotopic (exact) mass is 440 g/mol. The number of nitrogens with one attached hydrogen (secondary N) is 2. The van der Waals surface area contributed by atoms with Gasteiger partial charge < -0.3 is 14.8 Å². The van der Waals surface area contributed by atoms with E-state index in [1.54, 1.807) is 20.1 Å². The van der Waals surface area contributed by atoms with Crippen molar-refractivity contribution in [1.82, 2.24) is 5.32 Å². The highest BCUT2D eigenvalue weighted by Crippen LogP contribution is 2.28. The minimum Gasteiger partial charge on any atom is -0.491 e. The number of hydrogen-bond acceptors (Lipinski definition) is 5. The Morgan fingerprint density at radius 3 is 2.48 bits per heavy atom. The molecule has 7 nitrogen and oxygen atoms in total. The Balaban J connectivity index is 2.24. The Bertz CT molecular complexity index is 977. The fraction of sp³-hybridized carbons (Fsp3) is 0.350. The Labute approximate surface area is 176 Å². The number of hydrogen-bond donors (Lipinski definition) is 2. The van der Waals surface area contributed by atoms with Crippen LogP contribution in [0.15, 0.2) is 41.3 Å². The van der Waals surface area contributed by atoms with Crippen LogP contribution < -0.4 is 14.8 Å². The lowest BCUT2D eigenvalue weighted by molar-refractivity contribution is 0.0943. The average Bonchev–Trinajstić information content (AvgIpc) is 2.64. The second-order valence-corrected chi connectivity index (χ2v) is 8.79. The van der Waals surface area contributed by atoms with E-state index in [4.69, 9.17) is 21.1 Å². The van der Waals surface area contributed by atoms with Gasteiger partial charge in [-0.25, -0.2) is 8.42 Å². The van der Waals surface area contributed by atoms with Gasteiger partial charge in [-0.2, -0.15) is 0 Å². The second-order valence-electron chi connectivity index (χ2n) is 6.70. The molecular formula is C20H25ClN2O5S. The Hall–Kier alpha value is -2.29. The molecule has 2 N–H and O–H groups in total. The van der Waals surface area contributed by atoms with Gasteiger partial charge >= 0.3 is 0 Å². The summed E-state index contributed by atoms with van der Waals surface area (Å²) in [6.45, 7) is 6.22. The average molecular weight is 441 g/mol. The molecule has 0 aliphatic heterocycles. The van der Waals surface area contributed by atoms with Crippen LogP contribution >= 0.6 is 11.6 Å². The molecule has 2 aromatic rings. The first-order valence-corrected chi connectivity index (χ1v) is 10.9. The largest absolute Gasteiger partial charge is 0.491 e. The van der Waals surface area contributed by atoms with Crippen molar-refractivity contribution in [3.8, 4) is 5.75 Å². The quantitative estimate of drug-likeness (QED) is 0.581. The first-order valence-electron chi connectivity index (χ1n) is 8.99. The van der Waals surface area contributed by atoms with Crippen LogP contribution in [0, 0.1) is 6.92 Å². The van der Waals surface area contributed by atoms with Gasteiger partial charge in [-0.1, -0.05) is 11.6 Å². The summed E-state index contributed by atoms with van der Waals surface area (Å²) in [6.07, 6.45) is 0. The minimum atomic E-state index is -3.91. The van der Waals surface area contributed by atoms with E-state index in [2.05, 4.69) is 10.0 Å². The minimum absolute atomic E-state index is 0.0501. The van der Waals surface area contributed by atoms with E-state index in [1.807, 2.05) is 13.8 Å². The molecule has 0 fully saturated rings. The standard InChI is InChI=1S/C20H25ClN2O5S/c1-13(2)22-20(24)15-5-7-17(21)18(12-15)23-29(25,26)16-6-8-19(14(3)11-16)28-10-9-27-4/h5-8,11-13,23H,9-10H2,1-4H3,(H,22,24). The molecule has 0 saturated carbocycles. The molecule has 0 spiro atoms. The van der Waals surface area contributed by atoms with Crippen LogP contribution in [0.25, 0.3) is 0 Å². The van der Waals surface area contributed by atoms with Gasteiger partial charge in [0.25, 0.3) is 15.9 Å². The summed E-state index contributed by atoms with van der Waals surface area (Å²) in [5.74, 6) is 0.261. The third kappa shape index (κ3) is 6.35. The van der Waals surface area contributed by atoms with Crippen molar-refractivity contribution < 1.29 is 22.7 Å². The van der Waals surface area contributed by atoms with Crippen molar-refractivity contribution >= 4 is 33.2 Å². The molecule has 0 atom stereocenters. The molecule has 0 unspecified atom stereocenters. The summed E-state index contributed by atoms with van der Waals surface area (Å²) in [4.78, 5) is 12.2. The van der Waals surface area contributed by atoms with Crippen LogP contribution in [0.1, 0.15) is 29.8 Å². The van der Waals surface area contributed by atoms with E-state index in [-0.39, 0.29) is 27.6 Å². The third-order valence-corrected chi connectivity index (χ3v) is 5.59. The lowest BCUT2D eigenvalue weighted by Gasteiger charge is -2.14. The van der Waals surface area contributed by atoms with Gasteiger partial charge in [0.2, 0.25) is 0 Å². The number of carbonyl (C=O) groups is 1. The Morgan fingerprint density at radius 2 is 1.86 bits per heavy atom. The smallest absolute Gasteiger partial charge is 0.261 e. The van der Waals surface area contributed by atoms with Gasteiger partial charge in [-0.3, -0.25) is 9.52 Å². The molecule has 0 radical (unpaired) electrons. The molecule has 0 aromatic heterocycles. The molecule has 0 aliphatic rings. The summed E-state index contributed by atoms with van der Waals surface area (Å²) in [5, 5.41) is 2.94. The van der Waals surface area contributed by atoms with Gasteiger partial charge in [0.05, 0.1) is 22.2 Å². The molecule has 0 bridgehead atoms. The lowest BCUT2D eigenvalue weighted by atomic mass is 10.2. The number of methoxy groups -OCH3 is 1. The molecule has 0 saturated heterocycles. The van der Waals surface area contributed by atoms with Crippen LogP contribution in [0.5, 0.6) is 5.75 Å². The van der Waals surface area contributed by atoms with Gasteiger partial charge in [0.1, 0.15) is 12.4 Å². The molecule has 2 rings (SSSR count). The zero-order chi connectivity index (χ0) is 21.6. The van der Waals surface area contributed by atoms with Crippen molar-refractivity contribution in [3.63, 3.8) is 0 Å².